The third-order valence-corrected chi connectivity index (χ3v) is 6.48. The van der Waals surface area contributed by atoms with Crippen molar-refractivity contribution in [3.63, 3.8) is 0 Å². The Balaban J connectivity index is 1.53. The molecule has 0 spiro atoms. The van der Waals surface area contributed by atoms with Gasteiger partial charge in [-0.1, -0.05) is 32.9 Å². The van der Waals surface area contributed by atoms with Crippen LogP contribution in [0.5, 0.6) is 17.2 Å². The minimum Gasteiger partial charge on any atom is -0.496 e. The zero-order valence-corrected chi connectivity index (χ0v) is 23.0. The largest absolute Gasteiger partial charge is 0.496 e. The summed E-state index contributed by atoms with van der Waals surface area (Å²) >= 11 is 0. The van der Waals surface area contributed by atoms with Crippen LogP contribution in [0.2, 0.25) is 0 Å². The van der Waals surface area contributed by atoms with Crippen LogP contribution in [0.25, 0.3) is 10.9 Å². The molecule has 8 heteroatoms. The van der Waals surface area contributed by atoms with E-state index in [4.69, 9.17) is 9.47 Å². The maximum atomic E-state index is 12.9. The molecule has 0 bridgehead atoms. The highest BCUT2D eigenvalue weighted by atomic mass is 16.5. The number of carbonyl (C=O) groups is 2. The fourth-order valence-electron chi connectivity index (χ4n) is 4.30. The smallest absolute Gasteiger partial charge is 0.254 e. The Bertz CT molecular complexity index is 1510. The van der Waals surface area contributed by atoms with Crippen molar-refractivity contribution in [1.82, 2.24) is 20.1 Å². The van der Waals surface area contributed by atoms with Gasteiger partial charge in [-0.3, -0.25) is 19.3 Å². The summed E-state index contributed by atoms with van der Waals surface area (Å²) in [7, 11) is 4.97. The lowest BCUT2D eigenvalue weighted by atomic mass is 9.92. The number of methoxy groups -OCH3 is 1. The summed E-state index contributed by atoms with van der Waals surface area (Å²) in [5, 5.41) is 7.90. The molecule has 8 nitrogen and oxygen atoms in total. The number of hydrogen-bond donors (Lipinski definition) is 1. The highest BCUT2D eigenvalue weighted by Crippen LogP contribution is 2.34. The van der Waals surface area contributed by atoms with E-state index < -0.39 is 0 Å². The van der Waals surface area contributed by atoms with Gasteiger partial charge in [0.15, 0.2) is 0 Å². The van der Waals surface area contributed by atoms with Crippen LogP contribution in [0.15, 0.2) is 48.7 Å². The van der Waals surface area contributed by atoms with Crippen molar-refractivity contribution in [2.75, 3.05) is 14.2 Å². The normalized spacial score (nSPS) is 11.4. The molecule has 0 atom stereocenters. The SMILES string of the molecule is CNC(=O)c1cc2c(Oc3ccc(CC(=O)Cc4cc(C(C)(C)C)nn4C)cc3C)ccnc2cc1OC. The van der Waals surface area contributed by atoms with E-state index in [9.17, 15) is 9.59 Å². The molecule has 0 saturated carbocycles. The van der Waals surface area contributed by atoms with E-state index in [0.29, 0.717) is 46.6 Å². The summed E-state index contributed by atoms with van der Waals surface area (Å²) in [5.74, 6) is 1.53. The van der Waals surface area contributed by atoms with Crippen LogP contribution < -0.4 is 14.8 Å². The van der Waals surface area contributed by atoms with Crippen molar-refractivity contribution in [2.45, 2.75) is 46.0 Å². The van der Waals surface area contributed by atoms with Gasteiger partial charge in [-0.2, -0.15) is 5.10 Å². The monoisotopic (exact) mass is 514 g/mol. The van der Waals surface area contributed by atoms with Crippen molar-refractivity contribution in [1.29, 1.82) is 0 Å². The standard InChI is InChI=1S/C30H34N4O4/c1-18-12-19(13-21(35)14-20-15-28(30(2,3)4)33-34(20)6)8-9-25(18)38-26-10-11-32-24-17-27(37-7)23(16-22(24)26)29(36)31-5/h8-12,15-17H,13-14H2,1-7H3,(H,31,36). The molecule has 0 fully saturated rings. The van der Waals surface area contributed by atoms with E-state index in [1.807, 2.05) is 38.2 Å². The molecule has 2 aromatic heterocycles. The van der Waals surface area contributed by atoms with E-state index in [0.717, 1.165) is 22.5 Å². The number of benzene rings is 2. The molecular formula is C30H34N4O4. The first-order valence-electron chi connectivity index (χ1n) is 12.5. The first-order valence-corrected chi connectivity index (χ1v) is 12.5. The molecule has 1 amide bonds. The molecule has 0 saturated heterocycles. The molecule has 2 aromatic carbocycles. The van der Waals surface area contributed by atoms with E-state index >= 15 is 0 Å². The van der Waals surface area contributed by atoms with E-state index in [-0.39, 0.29) is 17.1 Å². The van der Waals surface area contributed by atoms with Gasteiger partial charge in [-0.15, -0.1) is 0 Å². The molecule has 198 valence electrons. The number of fused-ring (bicyclic) bond motifs is 1. The molecule has 4 rings (SSSR count). The van der Waals surface area contributed by atoms with Gasteiger partial charge in [0.25, 0.3) is 5.91 Å². The third-order valence-electron chi connectivity index (χ3n) is 6.48. The van der Waals surface area contributed by atoms with E-state index in [2.05, 4.69) is 36.2 Å². The average molecular weight is 515 g/mol. The Morgan fingerprint density at radius 1 is 1.00 bits per heavy atom. The number of ketones is 1. The second kappa shape index (κ2) is 10.7. The lowest BCUT2D eigenvalue weighted by Gasteiger charge is -2.14. The summed E-state index contributed by atoms with van der Waals surface area (Å²) in [6.45, 7) is 8.28. The minimum absolute atomic E-state index is 0.0673. The molecule has 0 aliphatic heterocycles. The van der Waals surface area contributed by atoms with Crippen molar-refractivity contribution in [2.24, 2.45) is 7.05 Å². The van der Waals surface area contributed by atoms with Crippen molar-refractivity contribution >= 4 is 22.6 Å². The second-order valence-electron chi connectivity index (χ2n) is 10.4. The number of ether oxygens (including phenoxy) is 2. The predicted octanol–water partition coefficient (Wildman–Crippen LogP) is 5.09. The van der Waals surface area contributed by atoms with Crippen LogP contribution >= 0.6 is 0 Å². The maximum absolute atomic E-state index is 12.9. The van der Waals surface area contributed by atoms with Crippen LogP contribution in [-0.2, 0) is 30.1 Å². The average Bonchev–Trinajstić information content (AvgIpc) is 3.24. The summed E-state index contributed by atoms with van der Waals surface area (Å²) in [6, 6.07) is 13.0. The lowest BCUT2D eigenvalue weighted by Crippen LogP contribution is -2.18. The van der Waals surface area contributed by atoms with Gasteiger partial charge >= 0.3 is 0 Å². The Labute approximate surface area is 223 Å². The first kappa shape index (κ1) is 26.9. The van der Waals surface area contributed by atoms with Gasteiger partial charge in [-0.25, -0.2) is 0 Å². The number of hydrogen-bond acceptors (Lipinski definition) is 6. The number of aryl methyl sites for hydroxylation is 2. The zero-order chi connectivity index (χ0) is 27.6. The fraction of sp³-hybridized carbons (Fsp3) is 0.333. The summed E-state index contributed by atoms with van der Waals surface area (Å²) in [5.41, 5.74) is 4.69. The Kier molecular flexibility index (Phi) is 7.53. The molecule has 0 aliphatic rings. The van der Waals surface area contributed by atoms with Gasteiger partial charge in [0.05, 0.1) is 23.9 Å². The lowest BCUT2D eigenvalue weighted by molar-refractivity contribution is -0.117. The van der Waals surface area contributed by atoms with Crippen LogP contribution in [0.3, 0.4) is 0 Å². The van der Waals surface area contributed by atoms with E-state index in [1.165, 1.54) is 7.11 Å². The van der Waals surface area contributed by atoms with Crippen molar-refractivity contribution in [3.05, 3.63) is 76.7 Å². The molecule has 0 unspecified atom stereocenters. The molecular weight excluding hydrogens is 480 g/mol. The van der Waals surface area contributed by atoms with E-state index in [1.54, 1.807) is 36.1 Å². The third kappa shape index (κ3) is 5.69. The molecule has 2 heterocycles. The van der Waals surface area contributed by atoms with Crippen LogP contribution in [0.4, 0.5) is 0 Å². The van der Waals surface area contributed by atoms with Gasteiger partial charge in [-0.05, 0) is 42.3 Å². The first-order chi connectivity index (χ1) is 18.0. The van der Waals surface area contributed by atoms with Gasteiger partial charge in [0.2, 0.25) is 0 Å². The molecule has 0 aliphatic carbocycles. The number of Topliss-reactive ketones (excluding diaryl/α,β-unsaturated/α-hetero) is 1. The maximum Gasteiger partial charge on any atom is 0.254 e. The number of pyridine rings is 1. The van der Waals surface area contributed by atoms with Gasteiger partial charge in [0.1, 0.15) is 23.0 Å². The molecule has 38 heavy (non-hydrogen) atoms. The molecule has 4 aromatic rings. The van der Waals surface area contributed by atoms with Crippen molar-refractivity contribution < 1.29 is 19.1 Å². The van der Waals surface area contributed by atoms with Crippen LogP contribution in [0.1, 0.15) is 53.6 Å². The highest BCUT2D eigenvalue weighted by Gasteiger charge is 2.20. The fourth-order valence-corrected chi connectivity index (χ4v) is 4.30. The zero-order valence-electron chi connectivity index (χ0n) is 23.0. The van der Waals surface area contributed by atoms with Crippen LogP contribution in [0, 0.1) is 6.92 Å². The summed E-state index contributed by atoms with van der Waals surface area (Å²) in [6.07, 6.45) is 2.31. The number of nitrogens with zero attached hydrogens (tertiary/aromatic N) is 3. The topological polar surface area (TPSA) is 95.3 Å². The summed E-state index contributed by atoms with van der Waals surface area (Å²) in [4.78, 5) is 29.7. The number of rotatable bonds is 8. The number of aromatic nitrogens is 3. The van der Waals surface area contributed by atoms with Gasteiger partial charge in [0, 0.05) is 55.7 Å². The van der Waals surface area contributed by atoms with Crippen molar-refractivity contribution in [3.8, 4) is 17.2 Å². The summed E-state index contributed by atoms with van der Waals surface area (Å²) < 4.78 is 13.4. The Morgan fingerprint density at radius 3 is 2.39 bits per heavy atom. The Hall–Kier alpha value is -4.20. The number of nitrogens with one attached hydrogen (secondary N) is 1. The molecule has 1 N–H and O–H groups in total. The minimum atomic E-state index is -0.260. The van der Waals surface area contributed by atoms with Gasteiger partial charge < -0.3 is 14.8 Å². The highest BCUT2D eigenvalue weighted by molar-refractivity contribution is 6.02. The Morgan fingerprint density at radius 2 is 1.76 bits per heavy atom. The van der Waals surface area contributed by atoms with Crippen LogP contribution in [-0.4, -0.2) is 40.6 Å². The molecule has 0 radical (unpaired) electrons. The second-order valence-corrected chi connectivity index (χ2v) is 10.4. The quantitative estimate of drug-likeness (QED) is 0.352. The number of amides is 1. The number of carbonyl (C=O) groups excluding carboxylic acids is 2. The predicted molar refractivity (Wildman–Crippen MR) is 147 cm³/mol.